The van der Waals surface area contributed by atoms with Gasteiger partial charge >= 0.3 is 5.97 Å². The highest BCUT2D eigenvalue weighted by Gasteiger charge is 2.26. The molecule has 0 amide bonds. The third kappa shape index (κ3) is 5.01. The van der Waals surface area contributed by atoms with Gasteiger partial charge in [0.05, 0.1) is 32.3 Å². The first-order chi connectivity index (χ1) is 14.5. The maximum absolute atomic E-state index is 12.4. The highest BCUT2D eigenvalue weighted by atomic mass is 32.2. The van der Waals surface area contributed by atoms with Crippen LogP contribution in [0.5, 0.6) is 11.5 Å². The Hall–Kier alpha value is -3.26. The molecule has 3 aromatic rings. The number of pyridine rings is 1. The first kappa shape index (κ1) is 21.4. The van der Waals surface area contributed by atoms with E-state index < -0.39 is 23.1 Å². The number of ether oxygens (including phenoxy) is 2. The number of carbonyl (C=O) groups excluding carboxylic acids is 1. The number of hydrogen-bond donors (Lipinski definition) is 1. The second-order valence-corrected chi connectivity index (χ2v) is 7.37. The van der Waals surface area contributed by atoms with E-state index in [4.69, 9.17) is 13.9 Å². The van der Waals surface area contributed by atoms with Crippen LogP contribution in [0.4, 0.5) is 0 Å². The van der Waals surface area contributed by atoms with Gasteiger partial charge in [0.25, 0.3) is 0 Å². The van der Waals surface area contributed by atoms with Crippen LogP contribution in [0, 0.1) is 0 Å². The number of carbonyl (C=O) groups is 1. The van der Waals surface area contributed by atoms with Gasteiger partial charge in [0.15, 0.2) is 5.76 Å². The molecule has 0 spiro atoms. The summed E-state index contributed by atoms with van der Waals surface area (Å²) in [5.74, 6) is -0.323. The van der Waals surface area contributed by atoms with E-state index >= 15 is 0 Å². The molecule has 2 heterocycles. The molecule has 0 aliphatic carbocycles. The topological polar surface area (TPSA) is 98.9 Å². The number of para-hydroxylation sites is 1. The van der Waals surface area contributed by atoms with Crippen molar-refractivity contribution in [1.29, 1.82) is 0 Å². The van der Waals surface area contributed by atoms with Crippen LogP contribution in [-0.2, 0) is 15.3 Å². The van der Waals surface area contributed by atoms with Crippen LogP contribution in [0.25, 0.3) is 0 Å². The molecule has 0 bridgehead atoms. The Morgan fingerprint density at radius 1 is 1.23 bits per heavy atom. The van der Waals surface area contributed by atoms with Crippen molar-refractivity contribution in [2.75, 3.05) is 14.2 Å². The SMILES string of the molecule is COC(=O)C[C@@H](c1cccnc1)c1oc(CSc2ccccc2OC)cc(=O)c1O. The van der Waals surface area contributed by atoms with Crippen LogP contribution >= 0.6 is 11.8 Å². The predicted octanol–water partition coefficient (Wildman–Crippen LogP) is 3.74. The van der Waals surface area contributed by atoms with Crippen molar-refractivity contribution < 1.29 is 23.8 Å². The van der Waals surface area contributed by atoms with E-state index in [1.54, 1.807) is 31.6 Å². The summed E-state index contributed by atoms with van der Waals surface area (Å²) < 4.78 is 16.0. The van der Waals surface area contributed by atoms with E-state index in [0.717, 1.165) is 4.90 Å². The zero-order valence-electron chi connectivity index (χ0n) is 16.5. The molecule has 156 valence electrons. The number of benzene rings is 1. The van der Waals surface area contributed by atoms with Gasteiger partial charge in [0.1, 0.15) is 11.5 Å². The first-order valence-electron chi connectivity index (χ1n) is 9.12. The molecule has 2 aromatic heterocycles. The summed E-state index contributed by atoms with van der Waals surface area (Å²) in [6.07, 6.45) is 3.04. The molecule has 0 aliphatic heterocycles. The van der Waals surface area contributed by atoms with Gasteiger partial charge in [-0.15, -0.1) is 11.8 Å². The summed E-state index contributed by atoms with van der Waals surface area (Å²) in [5.41, 5.74) is 0.0431. The fourth-order valence-corrected chi connectivity index (χ4v) is 3.85. The third-order valence-corrected chi connectivity index (χ3v) is 5.52. The van der Waals surface area contributed by atoms with Gasteiger partial charge in [-0.2, -0.15) is 0 Å². The molecule has 8 heteroatoms. The lowest BCUT2D eigenvalue weighted by Gasteiger charge is -2.17. The Kier molecular flexibility index (Phi) is 7.13. The largest absolute Gasteiger partial charge is 0.502 e. The second kappa shape index (κ2) is 9.98. The lowest BCUT2D eigenvalue weighted by molar-refractivity contribution is -0.140. The van der Waals surface area contributed by atoms with Gasteiger partial charge in [-0.05, 0) is 23.8 Å². The molecular formula is C22H21NO6S. The Morgan fingerprint density at radius 2 is 2.03 bits per heavy atom. The first-order valence-corrected chi connectivity index (χ1v) is 10.1. The lowest BCUT2D eigenvalue weighted by atomic mass is 9.93. The van der Waals surface area contributed by atoms with E-state index in [2.05, 4.69) is 4.98 Å². The van der Waals surface area contributed by atoms with Gasteiger partial charge in [-0.1, -0.05) is 18.2 Å². The molecule has 1 atom stereocenters. The van der Waals surface area contributed by atoms with E-state index in [1.165, 1.54) is 24.9 Å². The third-order valence-electron chi connectivity index (χ3n) is 4.44. The van der Waals surface area contributed by atoms with Gasteiger partial charge in [0, 0.05) is 23.4 Å². The summed E-state index contributed by atoms with van der Waals surface area (Å²) >= 11 is 1.43. The maximum Gasteiger partial charge on any atom is 0.306 e. The molecule has 0 saturated heterocycles. The summed E-state index contributed by atoms with van der Waals surface area (Å²) in [5, 5.41) is 10.4. The molecular weight excluding hydrogens is 406 g/mol. The number of esters is 1. The summed E-state index contributed by atoms with van der Waals surface area (Å²) in [7, 11) is 2.86. The molecule has 3 rings (SSSR count). The van der Waals surface area contributed by atoms with Gasteiger partial charge in [0.2, 0.25) is 11.2 Å². The number of nitrogens with zero attached hydrogens (tertiary/aromatic N) is 1. The van der Waals surface area contributed by atoms with Crippen molar-refractivity contribution in [2.24, 2.45) is 0 Å². The fraction of sp³-hybridized carbons (Fsp3) is 0.227. The second-order valence-electron chi connectivity index (χ2n) is 6.35. The van der Waals surface area contributed by atoms with Crippen LogP contribution in [0.15, 0.2) is 69.0 Å². The van der Waals surface area contributed by atoms with Crippen LogP contribution in [0.3, 0.4) is 0 Å². The zero-order valence-corrected chi connectivity index (χ0v) is 17.3. The van der Waals surface area contributed by atoms with Crippen molar-refractivity contribution in [1.82, 2.24) is 4.98 Å². The highest BCUT2D eigenvalue weighted by Crippen LogP contribution is 2.35. The molecule has 30 heavy (non-hydrogen) atoms. The summed E-state index contributed by atoms with van der Waals surface area (Å²) in [4.78, 5) is 29.3. The quantitative estimate of drug-likeness (QED) is 0.429. The van der Waals surface area contributed by atoms with Gasteiger partial charge in [-0.3, -0.25) is 14.6 Å². The van der Waals surface area contributed by atoms with E-state index in [0.29, 0.717) is 22.8 Å². The standard InChI is InChI=1S/C22H21NO6S/c1-27-18-7-3-4-8-19(18)30-13-15-10-17(24)21(26)22(29-15)16(11-20(25)28-2)14-6-5-9-23-12-14/h3-10,12,16,26H,11,13H2,1-2H3/t16-/m0/s1. The maximum atomic E-state index is 12.4. The fourth-order valence-electron chi connectivity index (χ4n) is 2.94. The average molecular weight is 427 g/mol. The number of thioether (sulfide) groups is 1. The van der Waals surface area contributed by atoms with Crippen LogP contribution in [0.1, 0.15) is 29.4 Å². The molecule has 0 aliphatic rings. The van der Waals surface area contributed by atoms with E-state index in [1.807, 2.05) is 24.3 Å². The molecule has 0 unspecified atom stereocenters. The summed E-state index contributed by atoms with van der Waals surface area (Å²) in [6, 6.07) is 12.2. The molecule has 0 fully saturated rings. The monoisotopic (exact) mass is 427 g/mol. The lowest BCUT2D eigenvalue weighted by Crippen LogP contribution is -2.14. The van der Waals surface area contributed by atoms with Crippen molar-refractivity contribution >= 4 is 17.7 Å². The van der Waals surface area contributed by atoms with Gasteiger partial charge in [-0.25, -0.2) is 0 Å². The highest BCUT2D eigenvalue weighted by molar-refractivity contribution is 7.98. The normalized spacial score (nSPS) is 11.7. The Morgan fingerprint density at radius 3 is 2.73 bits per heavy atom. The van der Waals surface area contributed by atoms with Crippen molar-refractivity contribution in [2.45, 2.75) is 23.0 Å². The number of rotatable bonds is 8. The minimum atomic E-state index is -0.713. The number of aromatic nitrogens is 1. The molecule has 1 N–H and O–H groups in total. The average Bonchev–Trinajstić information content (AvgIpc) is 2.78. The molecule has 7 nitrogen and oxygen atoms in total. The Labute approximate surface area is 177 Å². The molecule has 0 saturated carbocycles. The smallest absolute Gasteiger partial charge is 0.306 e. The van der Waals surface area contributed by atoms with Crippen LogP contribution < -0.4 is 10.2 Å². The Bertz CT molecular complexity index is 1070. The van der Waals surface area contributed by atoms with E-state index in [-0.39, 0.29) is 12.2 Å². The van der Waals surface area contributed by atoms with Gasteiger partial charge < -0.3 is 19.0 Å². The minimum Gasteiger partial charge on any atom is -0.502 e. The molecule has 1 aromatic carbocycles. The zero-order chi connectivity index (χ0) is 21.5. The number of aromatic hydroxyl groups is 1. The van der Waals surface area contributed by atoms with Crippen LogP contribution in [0.2, 0.25) is 0 Å². The minimum absolute atomic E-state index is 0.0107. The van der Waals surface area contributed by atoms with E-state index in [9.17, 15) is 14.7 Å². The number of methoxy groups -OCH3 is 2. The van der Waals surface area contributed by atoms with Crippen molar-refractivity contribution in [3.63, 3.8) is 0 Å². The van der Waals surface area contributed by atoms with Crippen molar-refractivity contribution in [3.05, 3.63) is 82.2 Å². The van der Waals surface area contributed by atoms with Crippen LogP contribution in [-0.4, -0.2) is 30.3 Å². The predicted molar refractivity (Wildman–Crippen MR) is 112 cm³/mol. The Balaban J connectivity index is 1.96. The summed E-state index contributed by atoms with van der Waals surface area (Å²) in [6.45, 7) is 0. The number of hydrogen-bond acceptors (Lipinski definition) is 8. The van der Waals surface area contributed by atoms with Crippen molar-refractivity contribution in [3.8, 4) is 11.5 Å². The molecule has 0 radical (unpaired) electrons.